The predicted molar refractivity (Wildman–Crippen MR) is 300 cm³/mol. The molecule has 0 bridgehead atoms. The van der Waals surface area contributed by atoms with Gasteiger partial charge in [-0.1, -0.05) is 218 Å². The summed E-state index contributed by atoms with van der Waals surface area (Å²) in [6.45, 7) is 0. The van der Waals surface area contributed by atoms with E-state index in [9.17, 15) is 0 Å². The number of hydrogen-bond donors (Lipinski definition) is 0. The zero-order valence-corrected chi connectivity index (χ0v) is 39.6. The Bertz CT molecular complexity index is 4420. The molecular formula is C69H43N3O. The molecule has 15 rings (SSSR count). The molecule has 340 valence electrons. The molecule has 0 saturated carbocycles. The van der Waals surface area contributed by atoms with Gasteiger partial charge < -0.3 is 8.98 Å². The van der Waals surface area contributed by atoms with Gasteiger partial charge in [-0.2, -0.15) is 0 Å². The largest absolute Gasteiger partial charge is 0.454 e. The number of rotatable bonds is 7. The van der Waals surface area contributed by atoms with Crippen molar-refractivity contribution in [1.82, 2.24) is 14.5 Å². The van der Waals surface area contributed by atoms with E-state index in [1.54, 1.807) is 0 Å². The molecule has 0 aliphatic heterocycles. The van der Waals surface area contributed by atoms with Gasteiger partial charge in [-0.15, -0.1) is 0 Å². The van der Waals surface area contributed by atoms with E-state index >= 15 is 0 Å². The van der Waals surface area contributed by atoms with Crippen LogP contribution in [0.3, 0.4) is 0 Å². The zero-order valence-electron chi connectivity index (χ0n) is 39.6. The molecule has 3 aromatic heterocycles. The Hall–Kier alpha value is -9.64. The van der Waals surface area contributed by atoms with Crippen LogP contribution in [0.1, 0.15) is 22.3 Å². The Morgan fingerprint density at radius 3 is 1.68 bits per heavy atom. The molecule has 11 aromatic carbocycles. The fourth-order valence-corrected chi connectivity index (χ4v) is 12.1. The van der Waals surface area contributed by atoms with Crippen LogP contribution in [0.15, 0.2) is 265 Å². The van der Waals surface area contributed by atoms with Crippen LogP contribution in [0, 0.1) is 0 Å². The predicted octanol–water partition coefficient (Wildman–Crippen LogP) is 17.7. The van der Waals surface area contributed by atoms with Gasteiger partial charge >= 0.3 is 0 Å². The number of furan rings is 1. The van der Waals surface area contributed by atoms with Crippen molar-refractivity contribution < 1.29 is 4.42 Å². The third kappa shape index (κ3) is 6.20. The summed E-state index contributed by atoms with van der Waals surface area (Å²) < 4.78 is 9.73. The van der Waals surface area contributed by atoms with Crippen molar-refractivity contribution in [3.8, 4) is 61.7 Å². The van der Waals surface area contributed by atoms with Crippen molar-refractivity contribution in [2.75, 3.05) is 0 Å². The lowest BCUT2D eigenvalue weighted by atomic mass is 9.67. The molecule has 0 atom stereocenters. The van der Waals surface area contributed by atoms with Gasteiger partial charge in [-0.25, -0.2) is 9.97 Å². The SMILES string of the molecule is c1ccc(-c2ccc(-c3nc(-c4cc(-c5ccccc5)cc5oc6c(-n7c8ccccc8c8cc9c(cc87)-c7ccccc7C9(c7ccccc7)c7ccccc7)cccc6c45)nc4ccccc34)cc2)cc1. The lowest BCUT2D eigenvalue weighted by molar-refractivity contribution is 0.666. The molecule has 0 spiro atoms. The van der Waals surface area contributed by atoms with Crippen LogP contribution in [0.5, 0.6) is 0 Å². The van der Waals surface area contributed by atoms with Gasteiger partial charge in [-0.05, 0) is 98.1 Å². The highest BCUT2D eigenvalue weighted by Gasteiger charge is 2.46. The lowest BCUT2D eigenvalue weighted by Gasteiger charge is -2.33. The van der Waals surface area contributed by atoms with E-state index in [1.807, 2.05) is 0 Å². The normalized spacial score (nSPS) is 12.8. The number of para-hydroxylation sites is 3. The lowest BCUT2D eigenvalue weighted by Crippen LogP contribution is -2.28. The van der Waals surface area contributed by atoms with E-state index in [4.69, 9.17) is 14.4 Å². The molecule has 4 heteroatoms. The van der Waals surface area contributed by atoms with Crippen LogP contribution in [0.25, 0.3) is 116 Å². The summed E-state index contributed by atoms with van der Waals surface area (Å²) in [7, 11) is 0. The number of aromatic nitrogens is 3. The molecule has 14 aromatic rings. The van der Waals surface area contributed by atoms with Gasteiger partial charge in [0.1, 0.15) is 5.58 Å². The van der Waals surface area contributed by atoms with Crippen molar-refractivity contribution in [2.45, 2.75) is 5.41 Å². The minimum Gasteiger partial charge on any atom is -0.454 e. The maximum absolute atomic E-state index is 7.31. The van der Waals surface area contributed by atoms with Crippen molar-refractivity contribution >= 4 is 54.6 Å². The van der Waals surface area contributed by atoms with Gasteiger partial charge in [-0.3, -0.25) is 0 Å². The third-order valence-electron chi connectivity index (χ3n) is 15.3. The van der Waals surface area contributed by atoms with Crippen LogP contribution in [0.4, 0.5) is 0 Å². The monoisotopic (exact) mass is 929 g/mol. The first-order chi connectivity index (χ1) is 36.2. The maximum Gasteiger partial charge on any atom is 0.161 e. The number of benzene rings is 11. The highest BCUT2D eigenvalue weighted by Crippen LogP contribution is 2.57. The molecule has 0 unspecified atom stereocenters. The average Bonchev–Trinajstić information content (AvgIpc) is 4.11. The number of hydrogen-bond acceptors (Lipinski definition) is 3. The van der Waals surface area contributed by atoms with E-state index in [0.717, 1.165) is 83.1 Å². The molecule has 0 radical (unpaired) electrons. The summed E-state index contributed by atoms with van der Waals surface area (Å²) in [5, 5.41) is 5.34. The maximum atomic E-state index is 7.31. The van der Waals surface area contributed by atoms with Gasteiger partial charge in [0, 0.05) is 38.1 Å². The average molecular weight is 930 g/mol. The fourth-order valence-electron chi connectivity index (χ4n) is 12.1. The summed E-state index contributed by atoms with van der Waals surface area (Å²) >= 11 is 0. The topological polar surface area (TPSA) is 43.9 Å². The molecule has 3 heterocycles. The molecular weight excluding hydrogens is 887 g/mol. The Morgan fingerprint density at radius 1 is 0.356 bits per heavy atom. The summed E-state index contributed by atoms with van der Waals surface area (Å²) in [4.78, 5) is 10.9. The second-order valence-electron chi connectivity index (χ2n) is 19.2. The second-order valence-corrected chi connectivity index (χ2v) is 19.2. The van der Waals surface area contributed by atoms with Crippen molar-refractivity contribution in [1.29, 1.82) is 0 Å². The first kappa shape index (κ1) is 41.2. The Labute approximate surface area is 421 Å². The first-order valence-corrected chi connectivity index (χ1v) is 25.0. The molecule has 0 saturated heterocycles. The highest BCUT2D eigenvalue weighted by molar-refractivity contribution is 6.17. The van der Waals surface area contributed by atoms with E-state index in [2.05, 4.69) is 265 Å². The van der Waals surface area contributed by atoms with Crippen LogP contribution < -0.4 is 0 Å². The van der Waals surface area contributed by atoms with E-state index < -0.39 is 5.41 Å². The minimum absolute atomic E-state index is 0.520. The molecule has 0 fully saturated rings. The fraction of sp³-hybridized carbons (Fsp3) is 0.0145. The van der Waals surface area contributed by atoms with Gasteiger partial charge in [0.2, 0.25) is 0 Å². The minimum atomic E-state index is -0.520. The zero-order chi connectivity index (χ0) is 48.0. The molecule has 4 nitrogen and oxygen atoms in total. The smallest absolute Gasteiger partial charge is 0.161 e. The molecule has 1 aliphatic rings. The molecule has 0 amide bonds. The van der Waals surface area contributed by atoms with Crippen LogP contribution >= 0.6 is 0 Å². The van der Waals surface area contributed by atoms with E-state index in [-0.39, 0.29) is 0 Å². The van der Waals surface area contributed by atoms with Crippen molar-refractivity contribution in [3.63, 3.8) is 0 Å². The van der Waals surface area contributed by atoms with Crippen molar-refractivity contribution in [3.05, 3.63) is 283 Å². The summed E-state index contributed by atoms with van der Waals surface area (Å²) in [5.74, 6) is 0.642. The third-order valence-corrected chi connectivity index (χ3v) is 15.3. The number of nitrogens with zero attached hydrogens (tertiary/aromatic N) is 3. The van der Waals surface area contributed by atoms with Crippen LogP contribution in [-0.4, -0.2) is 14.5 Å². The highest BCUT2D eigenvalue weighted by atomic mass is 16.3. The Kier molecular flexibility index (Phi) is 9.14. The van der Waals surface area contributed by atoms with Crippen molar-refractivity contribution in [2.24, 2.45) is 0 Å². The van der Waals surface area contributed by atoms with Crippen LogP contribution in [0.2, 0.25) is 0 Å². The van der Waals surface area contributed by atoms with E-state index in [0.29, 0.717) is 5.82 Å². The summed E-state index contributed by atoms with van der Waals surface area (Å²) in [5.41, 5.74) is 19.9. The summed E-state index contributed by atoms with van der Waals surface area (Å²) in [6.07, 6.45) is 0. The Morgan fingerprint density at radius 2 is 0.945 bits per heavy atom. The molecule has 1 aliphatic carbocycles. The van der Waals surface area contributed by atoms with Gasteiger partial charge in [0.25, 0.3) is 0 Å². The molecule has 73 heavy (non-hydrogen) atoms. The van der Waals surface area contributed by atoms with Gasteiger partial charge in [0.15, 0.2) is 11.4 Å². The standard InChI is InChI=1S/C69H43N3O/c1-5-20-44(21-6-1)46-36-38-47(39-37-46)66-53-30-14-17-33-60(53)70-68(71-66)57-40-48(45-22-7-2-8-23-45)41-64-65(57)54-31-19-35-62(67(54)73-64)72-61-34-18-15-29-52(61)56-42-59-55(43-63(56)72)51-28-13-16-32-58(51)69(59,49-24-9-3-10-25-49)50-26-11-4-12-27-50/h1-43H. The quantitative estimate of drug-likeness (QED) is 0.160. The molecule has 0 N–H and O–H groups in total. The summed E-state index contributed by atoms with van der Waals surface area (Å²) in [6, 6.07) is 93.9. The second kappa shape index (κ2) is 16.2. The van der Waals surface area contributed by atoms with Gasteiger partial charge in [0.05, 0.1) is 33.3 Å². The first-order valence-electron chi connectivity index (χ1n) is 25.0. The van der Waals surface area contributed by atoms with E-state index in [1.165, 1.54) is 49.7 Å². The Balaban J connectivity index is 0.985. The number of fused-ring (bicyclic) bond motifs is 10. The van der Waals surface area contributed by atoms with Crippen LogP contribution in [-0.2, 0) is 5.41 Å².